The highest BCUT2D eigenvalue weighted by Gasteiger charge is 2.33. The van der Waals surface area contributed by atoms with Gasteiger partial charge in [0.2, 0.25) is 10.0 Å². The maximum Gasteiger partial charge on any atom is 0.232 e. The van der Waals surface area contributed by atoms with Crippen LogP contribution < -0.4 is 9.62 Å². The Bertz CT molecular complexity index is 564. The molecule has 4 nitrogen and oxygen atoms in total. The van der Waals surface area contributed by atoms with Crippen molar-refractivity contribution in [1.29, 1.82) is 0 Å². The van der Waals surface area contributed by atoms with Gasteiger partial charge in [-0.2, -0.15) is 0 Å². The minimum atomic E-state index is -3.24. The molecule has 18 heavy (non-hydrogen) atoms. The first kappa shape index (κ1) is 13.2. The Balaban J connectivity index is 2.56. The maximum atomic E-state index is 11.9. The van der Waals surface area contributed by atoms with Crippen LogP contribution in [0, 0.1) is 0 Å². The van der Waals surface area contributed by atoms with E-state index in [0.29, 0.717) is 6.54 Å². The summed E-state index contributed by atoms with van der Waals surface area (Å²) < 4.78 is 25.3. The molecule has 0 spiro atoms. The number of aryl methyl sites for hydroxylation is 1. The summed E-state index contributed by atoms with van der Waals surface area (Å²) in [6.45, 7) is 6.55. The second-order valence-electron chi connectivity index (χ2n) is 5.48. The predicted molar refractivity (Wildman–Crippen MR) is 75.7 cm³/mol. The lowest BCUT2D eigenvalue weighted by Gasteiger charge is -2.40. The second kappa shape index (κ2) is 4.16. The van der Waals surface area contributed by atoms with Crippen molar-refractivity contribution in [2.24, 2.45) is 0 Å². The molecule has 0 aliphatic carbocycles. The lowest BCUT2D eigenvalue weighted by atomic mass is 10.00. The number of nitrogens with zero attached hydrogens (tertiary/aromatic N) is 1. The molecule has 0 saturated heterocycles. The van der Waals surface area contributed by atoms with Crippen LogP contribution >= 0.6 is 0 Å². The molecule has 0 saturated carbocycles. The fourth-order valence-electron chi connectivity index (χ4n) is 2.26. The van der Waals surface area contributed by atoms with Crippen LogP contribution in [-0.4, -0.2) is 26.8 Å². The quantitative estimate of drug-likeness (QED) is 0.894. The van der Waals surface area contributed by atoms with E-state index in [0.717, 1.165) is 17.8 Å². The summed E-state index contributed by atoms with van der Waals surface area (Å²) in [6, 6.07) is 5.91. The molecule has 100 valence electrons. The maximum absolute atomic E-state index is 11.9. The molecule has 1 aliphatic heterocycles. The zero-order valence-electron chi connectivity index (χ0n) is 11.3. The SMILES string of the molecule is CCc1ccc2c(c1)NC(C)(C)CN2S(C)(=O)=O. The number of rotatable bonds is 2. The van der Waals surface area contributed by atoms with Crippen LogP contribution in [-0.2, 0) is 16.4 Å². The van der Waals surface area contributed by atoms with Gasteiger partial charge >= 0.3 is 0 Å². The number of benzene rings is 1. The van der Waals surface area contributed by atoms with Gasteiger partial charge in [-0.1, -0.05) is 13.0 Å². The Morgan fingerprint density at radius 1 is 1.39 bits per heavy atom. The topological polar surface area (TPSA) is 49.4 Å². The number of sulfonamides is 1. The van der Waals surface area contributed by atoms with Crippen molar-refractivity contribution in [3.05, 3.63) is 23.8 Å². The molecule has 0 aromatic heterocycles. The molecule has 1 heterocycles. The van der Waals surface area contributed by atoms with Crippen LogP contribution in [0.3, 0.4) is 0 Å². The molecule has 5 heteroatoms. The first-order valence-electron chi connectivity index (χ1n) is 6.12. The molecular weight excluding hydrogens is 248 g/mol. The Morgan fingerprint density at radius 2 is 2.06 bits per heavy atom. The van der Waals surface area contributed by atoms with Crippen molar-refractivity contribution >= 4 is 21.4 Å². The Hall–Kier alpha value is -1.23. The summed E-state index contributed by atoms with van der Waals surface area (Å²) >= 11 is 0. The molecule has 0 unspecified atom stereocenters. The second-order valence-corrected chi connectivity index (χ2v) is 7.39. The zero-order chi connectivity index (χ0) is 13.6. The Morgan fingerprint density at radius 3 is 2.61 bits per heavy atom. The van der Waals surface area contributed by atoms with Crippen LogP contribution in [0.5, 0.6) is 0 Å². The van der Waals surface area contributed by atoms with Crippen molar-refractivity contribution < 1.29 is 8.42 Å². The molecule has 1 aromatic carbocycles. The predicted octanol–water partition coefficient (Wildman–Crippen LogP) is 2.22. The zero-order valence-corrected chi connectivity index (χ0v) is 12.1. The van der Waals surface area contributed by atoms with E-state index < -0.39 is 10.0 Å². The highest BCUT2D eigenvalue weighted by atomic mass is 32.2. The third-order valence-corrected chi connectivity index (χ3v) is 4.28. The van der Waals surface area contributed by atoms with E-state index in [1.807, 2.05) is 32.0 Å². The van der Waals surface area contributed by atoms with Crippen molar-refractivity contribution in [3.63, 3.8) is 0 Å². The summed E-state index contributed by atoms with van der Waals surface area (Å²) in [4.78, 5) is 0. The molecule has 1 aromatic rings. The molecule has 0 fully saturated rings. The Labute approximate surface area is 109 Å². The molecule has 2 rings (SSSR count). The standard InChI is InChI=1S/C13H20N2O2S/c1-5-10-6-7-12-11(8-10)14-13(2,3)9-15(12)18(4,16)17/h6-8,14H,5,9H2,1-4H3. The summed E-state index contributed by atoms with van der Waals surface area (Å²) in [7, 11) is -3.24. The van der Waals surface area contributed by atoms with Gasteiger partial charge < -0.3 is 5.32 Å². The van der Waals surface area contributed by atoms with Crippen molar-refractivity contribution in [2.75, 3.05) is 22.4 Å². The first-order valence-corrected chi connectivity index (χ1v) is 7.96. The largest absolute Gasteiger partial charge is 0.377 e. The van der Waals surface area contributed by atoms with Gasteiger partial charge in [-0.15, -0.1) is 0 Å². The lowest BCUT2D eigenvalue weighted by molar-refractivity contribution is 0.546. The average Bonchev–Trinajstić information content (AvgIpc) is 2.24. The minimum Gasteiger partial charge on any atom is -0.377 e. The van der Waals surface area contributed by atoms with Crippen LogP contribution in [0.25, 0.3) is 0 Å². The normalized spacial score (nSPS) is 18.1. The average molecular weight is 268 g/mol. The highest BCUT2D eigenvalue weighted by Crippen LogP contribution is 2.36. The van der Waals surface area contributed by atoms with Crippen LogP contribution in [0.4, 0.5) is 11.4 Å². The fraction of sp³-hybridized carbons (Fsp3) is 0.538. The van der Waals surface area contributed by atoms with Gasteiger partial charge in [0.1, 0.15) is 0 Å². The van der Waals surface area contributed by atoms with Crippen LogP contribution in [0.2, 0.25) is 0 Å². The number of fused-ring (bicyclic) bond motifs is 1. The van der Waals surface area contributed by atoms with Gasteiger partial charge in [0, 0.05) is 0 Å². The van der Waals surface area contributed by atoms with E-state index in [4.69, 9.17) is 0 Å². The van der Waals surface area contributed by atoms with Gasteiger partial charge in [-0.05, 0) is 38.0 Å². The highest BCUT2D eigenvalue weighted by molar-refractivity contribution is 7.92. The van der Waals surface area contributed by atoms with E-state index in [2.05, 4.69) is 12.2 Å². The van der Waals surface area contributed by atoms with Crippen molar-refractivity contribution in [3.8, 4) is 0 Å². The van der Waals surface area contributed by atoms with Gasteiger partial charge in [-0.25, -0.2) is 8.42 Å². The number of nitrogens with one attached hydrogen (secondary N) is 1. The number of hydrogen-bond acceptors (Lipinski definition) is 3. The summed E-state index contributed by atoms with van der Waals surface area (Å²) in [6.07, 6.45) is 2.19. The fourth-order valence-corrected chi connectivity index (χ4v) is 3.34. The summed E-state index contributed by atoms with van der Waals surface area (Å²) in [5.74, 6) is 0. The molecule has 0 bridgehead atoms. The van der Waals surface area contributed by atoms with Crippen LogP contribution in [0.1, 0.15) is 26.3 Å². The smallest absolute Gasteiger partial charge is 0.232 e. The van der Waals surface area contributed by atoms with Crippen molar-refractivity contribution in [2.45, 2.75) is 32.7 Å². The van der Waals surface area contributed by atoms with E-state index in [-0.39, 0.29) is 5.54 Å². The molecule has 1 aliphatic rings. The van der Waals surface area contributed by atoms with Gasteiger partial charge in [0.25, 0.3) is 0 Å². The molecule has 0 atom stereocenters. The third kappa shape index (κ3) is 2.46. The minimum absolute atomic E-state index is 0.261. The molecule has 0 radical (unpaired) electrons. The molecular formula is C13H20N2O2S. The van der Waals surface area contributed by atoms with Gasteiger partial charge in [0.05, 0.1) is 29.7 Å². The van der Waals surface area contributed by atoms with Crippen LogP contribution in [0.15, 0.2) is 18.2 Å². The lowest BCUT2D eigenvalue weighted by Crippen LogP contribution is -2.50. The molecule has 1 N–H and O–H groups in total. The number of anilines is 2. The third-order valence-electron chi connectivity index (χ3n) is 3.15. The summed E-state index contributed by atoms with van der Waals surface area (Å²) in [5, 5.41) is 3.41. The van der Waals surface area contributed by atoms with E-state index in [1.165, 1.54) is 16.1 Å². The monoisotopic (exact) mass is 268 g/mol. The van der Waals surface area contributed by atoms with E-state index in [1.54, 1.807) is 0 Å². The summed E-state index contributed by atoms with van der Waals surface area (Å²) in [5.41, 5.74) is 2.58. The number of hydrogen-bond donors (Lipinski definition) is 1. The molecule has 0 amide bonds. The van der Waals surface area contributed by atoms with Gasteiger partial charge in [-0.3, -0.25) is 4.31 Å². The van der Waals surface area contributed by atoms with E-state index in [9.17, 15) is 8.42 Å². The van der Waals surface area contributed by atoms with Crippen molar-refractivity contribution in [1.82, 2.24) is 0 Å². The Kier molecular flexibility index (Phi) is 3.05. The van der Waals surface area contributed by atoms with Gasteiger partial charge in [0.15, 0.2) is 0 Å². The first-order chi connectivity index (χ1) is 8.23. The van der Waals surface area contributed by atoms with E-state index >= 15 is 0 Å².